The second kappa shape index (κ2) is 13.1. The largest absolute Gasteiger partial charge is 0.392 e. The van der Waals surface area contributed by atoms with E-state index in [0.29, 0.717) is 47.2 Å². The first-order chi connectivity index (χ1) is 16.4. The number of Topliss-reactive ketones (excluding diaryl/α,β-unsaturated/α-hetero) is 1. The number of carbonyl (C=O) groups excluding carboxylic acids is 1. The Labute approximate surface area is 232 Å². The fraction of sp³-hybridized carbons (Fsp3) is 0.909. The highest BCUT2D eigenvalue weighted by Crippen LogP contribution is 2.55. The summed E-state index contributed by atoms with van der Waals surface area (Å²) in [5.74, 6) is 3.85. The van der Waals surface area contributed by atoms with Crippen molar-refractivity contribution in [2.75, 3.05) is 0 Å². The zero-order chi connectivity index (χ0) is 28.5. The van der Waals surface area contributed by atoms with Gasteiger partial charge in [-0.2, -0.15) is 10.5 Å². The molecule has 1 N–H and O–H groups in total. The van der Waals surface area contributed by atoms with Gasteiger partial charge in [0.25, 0.3) is 0 Å². The highest BCUT2D eigenvalue weighted by molar-refractivity contribution is 5.88. The number of aliphatic hydroxyl groups excluding tert-OH is 1. The third kappa shape index (κ3) is 5.96. The van der Waals surface area contributed by atoms with Crippen molar-refractivity contribution in [2.24, 2.45) is 81.8 Å². The highest BCUT2D eigenvalue weighted by Gasteiger charge is 2.55. The summed E-state index contributed by atoms with van der Waals surface area (Å²) in [5, 5.41) is 29.1. The number of carbonyl (C=O) groups is 1. The molecule has 0 aromatic carbocycles. The molecule has 0 saturated heterocycles. The molecule has 2 rings (SSSR count). The van der Waals surface area contributed by atoms with Crippen molar-refractivity contribution < 1.29 is 11.3 Å². The molecule has 216 valence electrons. The maximum Gasteiger partial charge on any atom is 0.142 e. The van der Waals surface area contributed by atoms with Gasteiger partial charge in [-0.1, -0.05) is 90.5 Å². The Kier molecular flexibility index (Phi) is 12.6. The van der Waals surface area contributed by atoms with E-state index in [0.717, 1.165) is 0 Å². The van der Waals surface area contributed by atoms with E-state index in [1.165, 1.54) is 0 Å². The second-order valence-electron chi connectivity index (χ2n) is 13.5. The van der Waals surface area contributed by atoms with Crippen LogP contribution in [-0.4, -0.2) is 17.0 Å². The molecule has 0 spiro atoms. The summed E-state index contributed by atoms with van der Waals surface area (Å²) in [7, 11) is 0. The molecule has 2 saturated carbocycles. The summed E-state index contributed by atoms with van der Waals surface area (Å²) < 4.78 is 0. The molecule has 0 amide bonds. The van der Waals surface area contributed by atoms with Crippen molar-refractivity contribution in [1.82, 2.24) is 0 Å². The van der Waals surface area contributed by atoms with Crippen molar-refractivity contribution >= 4 is 5.78 Å². The fourth-order valence-electron chi connectivity index (χ4n) is 7.64. The lowest BCUT2D eigenvalue weighted by Crippen LogP contribution is -2.56. The van der Waals surface area contributed by atoms with Crippen molar-refractivity contribution in [3.8, 4) is 12.1 Å². The molecule has 0 bridgehead atoms. The van der Waals surface area contributed by atoms with Gasteiger partial charge in [0.05, 0.1) is 18.2 Å². The van der Waals surface area contributed by atoms with E-state index in [1.807, 2.05) is 13.8 Å². The average Bonchev–Trinajstić information content (AvgIpc) is 2.88. The van der Waals surface area contributed by atoms with Gasteiger partial charge in [-0.25, -0.2) is 0 Å². The lowest BCUT2D eigenvalue weighted by molar-refractivity contribution is -0.151. The van der Waals surface area contributed by atoms with Gasteiger partial charge in [-0.15, -0.1) is 0 Å². The zero-order valence-corrected chi connectivity index (χ0v) is 25.8. The molecule has 0 heterocycles. The van der Waals surface area contributed by atoms with E-state index in [1.54, 1.807) is 0 Å². The van der Waals surface area contributed by atoms with Crippen LogP contribution in [0.5, 0.6) is 0 Å². The van der Waals surface area contributed by atoms with Gasteiger partial charge in [-0.3, -0.25) is 4.79 Å². The third-order valence-electron chi connectivity index (χ3n) is 12.7. The number of nitriles is 2. The maximum atomic E-state index is 12.8. The van der Waals surface area contributed by atoms with Crippen LogP contribution in [0.3, 0.4) is 0 Å². The summed E-state index contributed by atoms with van der Waals surface area (Å²) in [4.78, 5) is 12.8. The van der Waals surface area contributed by atoms with Gasteiger partial charge in [0, 0.05) is 30.0 Å². The van der Waals surface area contributed by atoms with Crippen LogP contribution in [0.4, 0.5) is 0 Å². The van der Waals surface area contributed by atoms with Gasteiger partial charge >= 0.3 is 0 Å². The maximum absolute atomic E-state index is 12.8. The number of hydrogen-bond acceptors (Lipinski definition) is 4. The molecular weight excluding hydrogens is 456 g/mol. The van der Waals surface area contributed by atoms with E-state index in [9.17, 15) is 15.2 Å². The second-order valence-corrected chi connectivity index (χ2v) is 13.5. The van der Waals surface area contributed by atoms with Crippen LogP contribution in [0.25, 0.3) is 0 Å². The topological polar surface area (TPSA) is 84.9 Å². The minimum Gasteiger partial charge on any atom is -0.392 e. The van der Waals surface area contributed by atoms with Gasteiger partial charge in [0.1, 0.15) is 5.78 Å². The molecule has 15 atom stereocenters. The average molecular weight is 519 g/mol. The first-order valence-corrected chi connectivity index (χ1v) is 14.4. The number of aliphatic hydroxyl groups is 1. The first kappa shape index (κ1) is 35.6. The monoisotopic (exact) mass is 518 g/mol. The van der Waals surface area contributed by atoms with Crippen LogP contribution in [-0.2, 0) is 4.79 Å². The zero-order valence-electron chi connectivity index (χ0n) is 25.8. The Morgan fingerprint density at radius 2 is 1.14 bits per heavy atom. The standard InChI is InChI=1S/C16H29NO.C16H27NO.CH4.H2/c2*1-9(8-17)13(5)16(7)14(6)11(3)10(2)12(4)15(16)18;;/h9-15,18H,1-7H3;9-14H,1-7H3;1H4;1H. The van der Waals surface area contributed by atoms with Crippen LogP contribution in [0.15, 0.2) is 0 Å². The lowest BCUT2D eigenvalue weighted by Gasteiger charge is -2.56. The molecule has 4 nitrogen and oxygen atoms in total. The smallest absolute Gasteiger partial charge is 0.142 e. The van der Waals surface area contributed by atoms with E-state index < -0.39 is 0 Å². The molecule has 0 aliphatic heterocycles. The van der Waals surface area contributed by atoms with Gasteiger partial charge in [-0.05, 0) is 67.1 Å². The van der Waals surface area contributed by atoms with Crippen LogP contribution >= 0.6 is 0 Å². The van der Waals surface area contributed by atoms with E-state index in [-0.39, 0.29) is 55.4 Å². The van der Waals surface area contributed by atoms with E-state index in [2.05, 4.69) is 95.2 Å². The van der Waals surface area contributed by atoms with Crippen molar-refractivity contribution in [3.05, 3.63) is 0 Å². The number of ketones is 1. The van der Waals surface area contributed by atoms with Crippen LogP contribution < -0.4 is 0 Å². The molecular formula is C33H62N2O2. The predicted molar refractivity (Wildman–Crippen MR) is 157 cm³/mol. The SMILES string of the molecule is C.CC(C#N)C(C)C1(C)C(=O)C(C)C(C)C(C)C1C.CC(C#N)C(C)C1(C)C(C)C(C)C(C)C(C)C1O.[HH]. The summed E-state index contributed by atoms with van der Waals surface area (Å²) in [5.41, 5.74) is -0.527. The van der Waals surface area contributed by atoms with Crippen molar-refractivity contribution in [2.45, 2.75) is 110 Å². The fourth-order valence-corrected chi connectivity index (χ4v) is 7.64. The summed E-state index contributed by atoms with van der Waals surface area (Å²) in [6.45, 7) is 30.0. The van der Waals surface area contributed by atoms with Gasteiger partial charge in [0.2, 0.25) is 0 Å². The predicted octanol–water partition coefficient (Wildman–Crippen LogP) is 8.51. The molecule has 2 aliphatic rings. The quantitative estimate of drug-likeness (QED) is 0.404. The molecule has 2 fully saturated rings. The third-order valence-corrected chi connectivity index (χ3v) is 12.7. The van der Waals surface area contributed by atoms with Crippen LogP contribution in [0, 0.1) is 105 Å². The van der Waals surface area contributed by atoms with E-state index in [4.69, 9.17) is 5.26 Å². The van der Waals surface area contributed by atoms with Crippen molar-refractivity contribution in [1.29, 1.82) is 10.5 Å². The van der Waals surface area contributed by atoms with Crippen LogP contribution in [0.2, 0.25) is 0 Å². The molecule has 0 aromatic heterocycles. The highest BCUT2D eigenvalue weighted by atomic mass is 16.3. The molecule has 37 heavy (non-hydrogen) atoms. The molecule has 0 radical (unpaired) electrons. The van der Waals surface area contributed by atoms with Crippen molar-refractivity contribution in [3.63, 3.8) is 0 Å². The molecule has 4 heteroatoms. The normalized spacial score (nSPS) is 45.0. The molecule has 0 aromatic rings. The van der Waals surface area contributed by atoms with E-state index >= 15 is 0 Å². The Balaban J connectivity index is 0. The van der Waals surface area contributed by atoms with Crippen LogP contribution in [0.1, 0.15) is 106 Å². The molecule has 2 aliphatic carbocycles. The lowest BCUT2D eigenvalue weighted by atomic mass is 9.50. The Morgan fingerprint density at radius 3 is 1.57 bits per heavy atom. The summed E-state index contributed by atoms with van der Waals surface area (Å²) in [6.07, 6.45) is -0.315. The molecule has 15 unspecified atom stereocenters. The number of nitrogens with zero attached hydrogens (tertiary/aromatic N) is 2. The summed E-state index contributed by atoms with van der Waals surface area (Å²) >= 11 is 0. The Morgan fingerprint density at radius 1 is 0.730 bits per heavy atom. The Hall–Kier alpha value is -1.39. The van der Waals surface area contributed by atoms with Gasteiger partial charge < -0.3 is 5.11 Å². The Bertz CT molecular complexity index is 831. The van der Waals surface area contributed by atoms with Gasteiger partial charge in [0.15, 0.2) is 0 Å². The minimum absolute atomic E-state index is 0. The number of rotatable bonds is 4. The summed E-state index contributed by atoms with van der Waals surface area (Å²) in [6, 6.07) is 4.68. The number of hydrogen-bond donors (Lipinski definition) is 1. The minimum atomic E-state index is -0.361. The first-order valence-electron chi connectivity index (χ1n) is 14.4.